The number of benzene rings is 1. The van der Waals surface area contributed by atoms with Crippen molar-refractivity contribution in [2.45, 2.75) is 24.8 Å². The van der Waals surface area contributed by atoms with Crippen molar-refractivity contribution in [1.82, 2.24) is 15.2 Å². The predicted molar refractivity (Wildman–Crippen MR) is 112 cm³/mol. The molecule has 0 aliphatic rings. The molecule has 3 rings (SSSR count). The van der Waals surface area contributed by atoms with Crippen molar-refractivity contribution in [3.8, 4) is 5.75 Å². The van der Waals surface area contributed by atoms with E-state index in [0.29, 0.717) is 11.7 Å². The number of hydrogen-bond acceptors (Lipinski definition) is 8. The first-order valence-corrected chi connectivity index (χ1v) is 10.9. The molecule has 0 fully saturated rings. The molecule has 0 aliphatic heterocycles. The third-order valence-electron chi connectivity index (χ3n) is 3.24. The summed E-state index contributed by atoms with van der Waals surface area (Å²) < 4.78 is 6.61. The quantitative estimate of drug-likeness (QED) is 0.326. The second kappa shape index (κ2) is 9.63. The average Bonchev–Trinajstić information content (AvgIpc) is 3.28. The molecule has 0 spiro atoms. The first-order valence-electron chi connectivity index (χ1n) is 8.21. The number of thiazole rings is 1. The van der Waals surface area contributed by atoms with Crippen LogP contribution in [0.15, 0.2) is 40.1 Å². The minimum Gasteiger partial charge on any atom is -0.487 e. The number of carbonyl (C=O) groups excluding carboxylic acids is 1. The molecule has 27 heavy (non-hydrogen) atoms. The Morgan fingerprint density at radius 2 is 2.26 bits per heavy atom. The van der Waals surface area contributed by atoms with Crippen LogP contribution in [0.25, 0.3) is 6.08 Å². The number of rotatable bonds is 8. The summed E-state index contributed by atoms with van der Waals surface area (Å²) >= 11 is 4.57. The summed E-state index contributed by atoms with van der Waals surface area (Å²) in [6.45, 7) is 4.44. The summed E-state index contributed by atoms with van der Waals surface area (Å²) in [7, 11) is 0. The van der Waals surface area contributed by atoms with Crippen LogP contribution in [-0.2, 0) is 11.4 Å². The molecular formula is C18H18N4O2S3. The Hall–Kier alpha value is -2.23. The van der Waals surface area contributed by atoms with Crippen molar-refractivity contribution in [2.75, 3.05) is 11.1 Å². The first-order chi connectivity index (χ1) is 13.1. The average molecular weight is 419 g/mol. The molecule has 0 atom stereocenters. The van der Waals surface area contributed by atoms with Crippen molar-refractivity contribution in [3.05, 3.63) is 52.0 Å². The number of anilines is 1. The number of thioether (sulfide) groups is 1. The minimum absolute atomic E-state index is 0.247. The van der Waals surface area contributed by atoms with Crippen LogP contribution in [0.2, 0.25) is 0 Å². The van der Waals surface area contributed by atoms with Gasteiger partial charge in [0.1, 0.15) is 12.4 Å². The van der Waals surface area contributed by atoms with Crippen LogP contribution in [0.4, 0.5) is 5.13 Å². The van der Waals surface area contributed by atoms with Crippen molar-refractivity contribution in [2.24, 2.45) is 0 Å². The maximum atomic E-state index is 12.0. The summed E-state index contributed by atoms with van der Waals surface area (Å²) in [5.41, 5.74) is 1.78. The van der Waals surface area contributed by atoms with E-state index in [-0.39, 0.29) is 5.91 Å². The number of aryl methyl sites for hydroxylation is 1. The Labute approximate surface area is 169 Å². The maximum absolute atomic E-state index is 12.0. The highest BCUT2D eigenvalue weighted by atomic mass is 32.2. The molecule has 0 unspecified atom stereocenters. The lowest BCUT2D eigenvalue weighted by Gasteiger charge is -2.05. The standard InChI is InChI=1S/C18H18N4O2S3/c1-3-25-18-22-21-17(27-18)20-16(23)8-7-13-5-4-6-15(9-13)24-10-14-11-26-12(2)19-14/h4-9,11H,3,10H2,1-2H3,(H,20,21,23)/b8-7+. The Morgan fingerprint density at radius 1 is 1.37 bits per heavy atom. The highest BCUT2D eigenvalue weighted by Crippen LogP contribution is 2.25. The van der Waals surface area contributed by atoms with Crippen LogP contribution >= 0.6 is 34.4 Å². The fourth-order valence-electron chi connectivity index (χ4n) is 2.10. The number of aromatic nitrogens is 3. The second-order valence-corrected chi connectivity index (χ2v) is 8.90. The summed E-state index contributed by atoms with van der Waals surface area (Å²) in [6.07, 6.45) is 3.20. The minimum atomic E-state index is -0.247. The monoisotopic (exact) mass is 418 g/mol. The number of nitrogens with one attached hydrogen (secondary N) is 1. The topological polar surface area (TPSA) is 77.0 Å². The molecule has 0 bridgehead atoms. The van der Waals surface area contributed by atoms with Gasteiger partial charge in [-0.1, -0.05) is 42.2 Å². The zero-order valence-corrected chi connectivity index (χ0v) is 17.3. The Morgan fingerprint density at radius 3 is 3.04 bits per heavy atom. The normalized spacial score (nSPS) is 11.0. The highest BCUT2D eigenvalue weighted by Gasteiger charge is 2.06. The Bertz CT molecular complexity index is 936. The van der Waals surface area contributed by atoms with Crippen molar-refractivity contribution < 1.29 is 9.53 Å². The van der Waals surface area contributed by atoms with Gasteiger partial charge >= 0.3 is 0 Å². The van der Waals surface area contributed by atoms with Gasteiger partial charge in [0.25, 0.3) is 0 Å². The number of amides is 1. The molecule has 6 nitrogen and oxygen atoms in total. The van der Waals surface area contributed by atoms with E-state index in [2.05, 4.69) is 20.5 Å². The van der Waals surface area contributed by atoms with Crippen LogP contribution in [-0.4, -0.2) is 26.8 Å². The van der Waals surface area contributed by atoms with Gasteiger partial charge in [-0.15, -0.1) is 21.5 Å². The van der Waals surface area contributed by atoms with Crippen LogP contribution < -0.4 is 10.1 Å². The SMILES string of the molecule is CCSc1nnc(NC(=O)/C=C/c2cccc(OCc3csc(C)n3)c2)s1. The molecule has 1 N–H and O–H groups in total. The number of ether oxygens (including phenoxy) is 1. The lowest BCUT2D eigenvalue weighted by atomic mass is 10.2. The van der Waals surface area contributed by atoms with Gasteiger partial charge in [-0.25, -0.2) is 4.98 Å². The number of nitrogens with zero attached hydrogens (tertiary/aromatic N) is 3. The maximum Gasteiger partial charge on any atom is 0.250 e. The summed E-state index contributed by atoms with van der Waals surface area (Å²) in [4.78, 5) is 16.4. The second-order valence-electron chi connectivity index (χ2n) is 5.35. The number of carbonyl (C=O) groups is 1. The molecule has 0 saturated heterocycles. The lowest BCUT2D eigenvalue weighted by molar-refractivity contribution is -0.111. The van der Waals surface area contributed by atoms with Gasteiger partial charge in [0, 0.05) is 11.5 Å². The molecule has 0 saturated carbocycles. The molecule has 2 heterocycles. The van der Waals surface area contributed by atoms with Crippen molar-refractivity contribution in [1.29, 1.82) is 0 Å². The molecule has 140 valence electrons. The molecule has 1 aromatic carbocycles. The Kier molecular flexibility index (Phi) is 6.97. The number of hydrogen-bond donors (Lipinski definition) is 1. The summed E-state index contributed by atoms with van der Waals surface area (Å²) in [5.74, 6) is 1.40. The van der Waals surface area contributed by atoms with Crippen LogP contribution in [0, 0.1) is 6.92 Å². The molecule has 0 radical (unpaired) electrons. The van der Waals surface area contributed by atoms with Gasteiger partial charge in [-0.05, 0) is 36.4 Å². The third kappa shape index (κ3) is 6.16. The van der Waals surface area contributed by atoms with Crippen LogP contribution in [0.3, 0.4) is 0 Å². The van der Waals surface area contributed by atoms with Gasteiger partial charge in [0.2, 0.25) is 11.0 Å². The smallest absolute Gasteiger partial charge is 0.250 e. The molecule has 3 aromatic rings. The fourth-order valence-corrected chi connectivity index (χ4v) is 4.35. The van der Waals surface area contributed by atoms with E-state index >= 15 is 0 Å². The zero-order valence-electron chi connectivity index (χ0n) is 14.8. The first kappa shape index (κ1) is 19.5. The molecule has 9 heteroatoms. The van der Waals surface area contributed by atoms with E-state index in [1.807, 2.05) is 43.5 Å². The molecule has 1 amide bonds. The largest absolute Gasteiger partial charge is 0.487 e. The van der Waals surface area contributed by atoms with E-state index < -0.39 is 0 Å². The fraction of sp³-hybridized carbons (Fsp3) is 0.222. The zero-order chi connectivity index (χ0) is 19.1. The van der Waals surface area contributed by atoms with E-state index in [1.54, 1.807) is 29.2 Å². The van der Waals surface area contributed by atoms with Gasteiger partial charge < -0.3 is 4.74 Å². The van der Waals surface area contributed by atoms with Crippen molar-refractivity contribution >= 4 is 51.6 Å². The van der Waals surface area contributed by atoms with Crippen molar-refractivity contribution in [3.63, 3.8) is 0 Å². The van der Waals surface area contributed by atoms with Gasteiger partial charge in [-0.3, -0.25) is 10.1 Å². The summed E-state index contributed by atoms with van der Waals surface area (Å²) in [5, 5.41) is 14.2. The highest BCUT2D eigenvalue weighted by molar-refractivity contribution is 8.01. The van der Waals surface area contributed by atoms with Gasteiger partial charge in [0.05, 0.1) is 10.7 Å². The Balaban J connectivity index is 1.55. The van der Waals surface area contributed by atoms with E-state index in [9.17, 15) is 4.79 Å². The van der Waals surface area contributed by atoms with Gasteiger partial charge in [0.15, 0.2) is 4.34 Å². The molecular weight excluding hydrogens is 400 g/mol. The van der Waals surface area contributed by atoms with E-state index in [0.717, 1.165) is 32.1 Å². The predicted octanol–water partition coefficient (Wildman–Crippen LogP) is 4.65. The van der Waals surface area contributed by atoms with Gasteiger partial charge in [-0.2, -0.15) is 0 Å². The molecule has 0 aliphatic carbocycles. The lowest BCUT2D eigenvalue weighted by Crippen LogP contribution is -2.07. The molecule has 2 aromatic heterocycles. The van der Waals surface area contributed by atoms with E-state index in [1.165, 1.54) is 17.4 Å². The third-order valence-corrected chi connectivity index (χ3v) is 5.92. The summed E-state index contributed by atoms with van der Waals surface area (Å²) in [6, 6.07) is 7.55. The van der Waals surface area contributed by atoms with E-state index in [4.69, 9.17) is 4.74 Å². The van der Waals surface area contributed by atoms with Crippen LogP contribution in [0.5, 0.6) is 5.75 Å². The van der Waals surface area contributed by atoms with Crippen LogP contribution in [0.1, 0.15) is 23.2 Å².